The molecule has 0 aromatic rings. The van der Waals surface area contributed by atoms with Crippen LogP contribution in [0.1, 0.15) is 6.92 Å². The summed E-state index contributed by atoms with van der Waals surface area (Å²) in [5.41, 5.74) is 11.0. The van der Waals surface area contributed by atoms with Gasteiger partial charge in [-0.1, -0.05) is 18.7 Å². The lowest BCUT2D eigenvalue weighted by molar-refractivity contribution is -0.114. The molecule has 0 heterocycles. The number of amides is 1. The minimum Gasteiger partial charge on any atom is -0.398 e. The van der Waals surface area contributed by atoms with Gasteiger partial charge in [0.05, 0.1) is 5.57 Å². The molecule has 0 rings (SSSR count). The van der Waals surface area contributed by atoms with Gasteiger partial charge in [0.1, 0.15) is 0 Å². The van der Waals surface area contributed by atoms with Crippen LogP contribution in [0.4, 0.5) is 0 Å². The zero-order chi connectivity index (χ0) is 8.85. The highest BCUT2D eigenvalue weighted by Gasteiger charge is 2.02. The van der Waals surface area contributed by atoms with Crippen LogP contribution < -0.4 is 11.5 Å². The van der Waals surface area contributed by atoms with Gasteiger partial charge >= 0.3 is 0 Å². The molecule has 0 spiro atoms. The summed E-state index contributed by atoms with van der Waals surface area (Å²) < 4.78 is 0. The lowest BCUT2D eigenvalue weighted by Gasteiger charge is -1.98. The molecule has 0 aromatic carbocycles. The fourth-order valence-electron chi connectivity index (χ4n) is 0.597. The quantitative estimate of drug-likeness (QED) is 0.455. The molecule has 60 valence electrons. The van der Waals surface area contributed by atoms with E-state index in [4.69, 9.17) is 11.5 Å². The van der Waals surface area contributed by atoms with E-state index in [2.05, 4.69) is 6.58 Å². The number of nitrogens with two attached hydrogens (primary N) is 2. The summed E-state index contributed by atoms with van der Waals surface area (Å²) in [5, 5.41) is 0. The molecule has 0 bridgehead atoms. The smallest absolute Gasteiger partial charge is 0.250 e. The van der Waals surface area contributed by atoms with E-state index in [-0.39, 0.29) is 0 Å². The second kappa shape index (κ2) is 4.33. The minimum atomic E-state index is -0.541. The van der Waals surface area contributed by atoms with E-state index in [9.17, 15) is 4.79 Å². The van der Waals surface area contributed by atoms with Crippen molar-refractivity contribution in [3.8, 4) is 0 Å². The van der Waals surface area contributed by atoms with Crippen LogP contribution in [-0.2, 0) is 4.79 Å². The molecule has 0 fully saturated rings. The van der Waals surface area contributed by atoms with E-state index in [1.54, 1.807) is 19.1 Å². The summed E-state index contributed by atoms with van der Waals surface area (Å²) in [6, 6.07) is 0. The predicted molar refractivity (Wildman–Crippen MR) is 45.4 cm³/mol. The number of primary amides is 1. The summed E-state index contributed by atoms with van der Waals surface area (Å²) in [6.07, 6.45) is 4.63. The first-order valence-electron chi connectivity index (χ1n) is 3.18. The van der Waals surface area contributed by atoms with Crippen LogP contribution >= 0.6 is 0 Å². The Bertz CT molecular complexity index is 226. The number of rotatable bonds is 3. The van der Waals surface area contributed by atoms with E-state index < -0.39 is 5.91 Å². The Labute approximate surface area is 66.1 Å². The van der Waals surface area contributed by atoms with Crippen molar-refractivity contribution >= 4 is 5.91 Å². The molecule has 0 aliphatic carbocycles. The molecule has 0 radical (unpaired) electrons. The maximum Gasteiger partial charge on any atom is 0.250 e. The molecule has 0 unspecified atom stereocenters. The van der Waals surface area contributed by atoms with E-state index in [1.165, 1.54) is 6.08 Å². The summed E-state index contributed by atoms with van der Waals surface area (Å²) >= 11 is 0. The van der Waals surface area contributed by atoms with Gasteiger partial charge in [-0.05, 0) is 13.0 Å². The summed E-state index contributed by atoms with van der Waals surface area (Å²) in [6.45, 7) is 5.20. The zero-order valence-corrected chi connectivity index (χ0v) is 6.50. The lowest BCUT2D eigenvalue weighted by atomic mass is 10.2. The molecule has 1 amide bonds. The molecule has 0 atom stereocenters. The second-order valence-electron chi connectivity index (χ2n) is 1.94. The van der Waals surface area contributed by atoms with Crippen LogP contribution in [-0.4, -0.2) is 5.91 Å². The zero-order valence-electron chi connectivity index (χ0n) is 6.50. The maximum absolute atomic E-state index is 10.7. The number of carbonyl (C=O) groups is 1. The third-order valence-corrected chi connectivity index (χ3v) is 1.13. The Balaban J connectivity index is 4.87. The number of carbonyl (C=O) groups excluding carboxylic acids is 1. The molecule has 11 heavy (non-hydrogen) atoms. The fraction of sp³-hybridized carbons (Fsp3) is 0.125. The normalized spacial score (nSPS) is 12.8. The van der Waals surface area contributed by atoms with E-state index >= 15 is 0 Å². The Morgan fingerprint density at radius 1 is 1.45 bits per heavy atom. The molecule has 0 saturated heterocycles. The van der Waals surface area contributed by atoms with Crippen LogP contribution in [0.2, 0.25) is 0 Å². The van der Waals surface area contributed by atoms with Gasteiger partial charge in [0.15, 0.2) is 0 Å². The minimum absolute atomic E-state index is 0.294. The summed E-state index contributed by atoms with van der Waals surface area (Å²) in [7, 11) is 0. The third kappa shape index (κ3) is 2.71. The third-order valence-electron chi connectivity index (χ3n) is 1.13. The molecular weight excluding hydrogens is 140 g/mol. The van der Waals surface area contributed by atoms with Crippen molar-refractivity contribution in [1.29, 1.82) is 0 Å². The summed E-state index contributed by atoms with van der Waals surface area (Å²) in [4.78, 5) is 10.7. The number of hydrogen-bond acceptors (Lipinski definition) is 2. The van der Waals surface area contributed by atoms with Gasteiger partial charge in [0, 0.05) is 5.70 Å². The van der Waals surface area contributed by atoms with Crippen molar-refractivity contribution in [2.75, 3.05) is 0 Å². The van der Waals surface area contributed by atoms with Crippen LogP contribution in [0.3, 0.4) is 0 Å². The lowest BCUT2D eigenvalue weighted by Crippen LogP contribution is -2.16. The van der Waals surface area contributed by atoms with Crippen LogP contribution in [0.25, 0.3) is 0 Å². The van der Waals surface area contributed by atoms with Crippen molar-refractivity contribution < 1.29 is 4.79 Å². The molecule has 0 aliphatic rings. The van der Waals surface area contributed by atoms with Crippen molar-refractivity contribution in [1.82, 2.24) is 0 Å². The monoisotopic (exact) mass is 152 g/mol. The number of allylic oxidation sites excluding steroid dienone is 2. The SMILES string of the molecule is C=C/C(N)=C(\C=C/C)C(N)=O. The van der Waals surface area contributed by atoms with Gasteiger partial charge in [0.25, 0.3) is 5.91 Å². The molecule has 0 saturated carbocycles. The van der Waals surface area contributed by atoms with Gasteiger partial charge in [-0.3, -0.25) is 4.79 Å². The summed E-state index contributed by atoms with van der Waals surface area (Å²) in [5.74, 6) is -0.541. The van der Waals surface area contributed by atoms with Gasteiger partial charge in [-0.25, -0.2) is 0 Å². The largest absolute Gasteiger partial charge is 0.398 e. The predicted octanol–water partition coefficient (Wildman–Crippen LogP) is 0.447. The maximum atomic E-state index is 10.7. The molecule has 0 aliphatic heterocycles. The Kier molecular flexibility index (Phi) is 3.73. The molecular formula is C8H12N2O. The van der Waals surface area contributed by atoms with Crippen LogP contribution in [0.5, 0.6) is 0 Å². The highest BCUT2D eigenvalue weighted by Crippen LogP contribution is 2.00. The Morgan fingerprint density at radius 3 is 2.27 bits per heavy atom. The van der Waals surface area contributed by atoms with E-state index in [1.807, 2.05) is 0 Å². The van der Waals surface area contributed by atoms with Crippen molar-refractivity contribution in [2.45, 2.75) is 6.92 Å². The second-order valence-corrected chi connectivity index (χ2v) is 1.94. The Morgan fingerprint density at radius 2 is 2.00 bits per heavy atom. The van der Waals surface area contributed by atoms with Gasteiger partial charge in [-0.15, -0.1) is 0 Å². The highest BCUT2D eigenvalue weighted by molar-refractivity contribution is 5.95. The topological polar surface area (TPSA) is 69.1 Å². The first kappa shape index (κ1) is 9.49. The number of hydrogen-bond donors (Lipinski definition) is 2. The highest BCUT2D eigenvalue weighted by atomic mass is 16.1. The van der Waals surface area contributed by atoms with Crippen LogP contribution in [0, 0.1) is 0 Å². The van der Waals surface area contributed by atoms with Crippen molar-refractivity contribution in [3.05, 3.63) is 36.1 Å². The van der Waals surface area contributed by atoms with Crippen molar-refractivity contribution in [3.63, 3.8) is 0 Å². The van der Waals surface area contributed by atoms with Gasteiger partial charge in [-0.2, -0.15) is 0 Å². The van der Waals surface area contributed by atoms with E-state index in [0.29, 0.717) is 11.3 Å². The fourth-order valence-corrected chi connectivity index (χ4v) is 0.597. The van der Waals surface area contributed by atoms with E-state index in [0.717, 1.165) is 0 Å². The molecule has 4 N–H and O–H groups in total. The first-order valence-corrected chi connectivity index (χ1v) is 3.18. The average molecular weight is 152 g/mol. The van der Waals surface area contributed by atoms with Gasteiger partial charge < -0.3 is 11.5 Å². The standard InChI is InChI=1S/C8H12N2O/c1-3-5-6(8(10)11)7(9)4-2/h3-5H,2,9H2,1H3,(H2,10,11)/b5-3-,7-6-. The molecule has 0 aromatic heterocycles. The molecule has 3 nitrogen and oxygen atoms in total. The first-order chi connectivity index (χ1) is 5.13. The van der Waals surface area contributed by atoms with Gasteiger partial charge in [0.2, 0.25) is 0 Å². The van der Waals surface area contributed by atoms with Crippen LogP contribution in [0.15, 0.2) is 36.1 Å². The molecule has 3 heteroatoms. The van der Waals surface area contributed by atoms with Crippen molar-refractivity contribution in [2.24, 2.45) is 11.5 Å². The average Bonchev–Trinajstić information content (AvgIpc) is 1.98. The Hall–Kier alpha value is -1.51.